The highest BCUT2D eigenvalue weighted by molar-refractivity contribution is 7.90. The van der Waals surface area contributed by atoms with E-state index in [4.69, 9.17) is 0 Å². The largest absolute Gasteiger partial charge is 0.345 e. The smallest absolute Gasteiger partial charge is 0.253 e. The summed E-state index contributed by atoms with van der Waals surface area (Å²) in [4.78, 5) is 12.7. The fourth-order valence-electron chi connectivity index (χ4n) is 3.36. The maximum absolute atomic E-state index is 12.6. The molecule has 0 heterocycles. The highest BCUT2D eigenvalue weighted by Crippen LogP contribution is 2.25. The minimum Gasteiger partial charge on any atom is -0.345 e. The molecule has 0 spiro atoms. The van der Waals surface area contributed by atoms with Crippen molar-refractivity contribution in [1.29, 1.82) is 0 Å². The molecule has 0 saturated carbocycles. The first-order chi connectivity index (χ1) is 11.9. The maximum Gasteiger partial charge on any atom is 0.253 e. The molecule has 5 heteroatoms. The van der Waals surface area contributed by atoms with Gasteiger partial charge in [-0.3, -0.25) is 4.79 Å². The number of amides is 1. The van der Waals surface area contributed by atoms with Gasteiger partial charge in [-0.2, -0.15) is 0 Å². The lowest BCUT2D eigenvalue weighted by atomic mass is 9.89. The first-order valence-corrected chi connectivity index (χ1v) is 10.5. The third kappa shape index (κ3) is 3.93. The molecule has 0 fully saturated rings. The number of hydrogen-bond donors (Lipinski definition) is 1. The Bertz CT molecular complexity index is 903. The number of benzene rings is 2. The Kier molecular flexibility index (Phi) is 4.95. The topological polar surface area (TPSA) is 63.2 Å². The van der Waals surface area contributed by atoms with Crippen LogP contribution in [-0.2, 0) is 22.7 Å². The Hall–Kier alpha value is -2.14. The van der Waals surface area contributed by atoms with Crippen molar-refractivity contribution in [2.45, 2.75) is 43.5 Å². The maximum atomic E-state index is 12.6. The predicted octanol–water partition coefficient (Wildman–Crippen LogP) is 3.46. The van der Waals surface area contributed by atoms with Crippen LogP contribution in [0.3, 0.4) is 0 Å². The molecule has 2 aromatic carbocycles. The van der Waals surface area contributed by atoms with Crippen molar-refractivity contribution < 1.29 is 13.2 Å². The molecule has 0 unspecified atom stereocenters. The minimum absolute atomic E-state index is 0.0603. The molecule has 2 aromatic rings. The van der Waals surface area contributed by atoms with Gasteiger partial charge in [-0.15, -0.1) is 0 Å². The van der Waals surface area contributed by atoms with Gasteiger partial charge in [-0.25, -0.2) is 8.42 Å². The van der Waals surface area contributed by atoms with Gasteiger partial charge >= 0.3 is 0 Å². The molecule has 0 bridgehead atoms. The number of aryl methyl sites for hydroxylation is 2. The number of hydrogen-bond acceptors (Lipinski definition) is 3. The number of carbonyl (C=O) groups is 1. The van der Waals surface area contributed by atoms with E-state index in [1.54, 1.807) is 18.2 Å². The second-order valence-corrected chi connectivity index (χ2v) is 8.68. The Morgan fingerprint density at radius 1 is 1.04 bits per heavy atom. The van der Waals surface area contributed by atoms with Crippen molar-refractivity contribution in [3.05, 3.63) is 64.7 Å². The van der Waals surface area contributed by atoms with E-state index < -0.39 is 9.84 Å². The molecule has 0 aromatic heterocycles. The van der Waals surface area contributed by atoms with Crippen LogP contribution in [0.1, 0.15) is 52.9 Å². The van der Waals surface area contributed by atoms with E-state index in [1.165, 1.54) is 30.0 Å². The molecule has 25 heavy (non-hydrogen) atoms. The fourth-order valence-corrected chi connectivity index (χ4v) is 4.24. The average molecular weight is 357 g/mol. The quantitative estimate of drug-likeness (QED) is 0.911. The zero-order valence-corrected chi connectivity index (χ0v) is 15.4. The lowest BCUT2D eigenvalue weighted by molar-refractivity contribution is 0.0936. The van der Waals surface area contributed by atoms with E-state index in [9.17, 15) is 13.2 Å². The van der Waals surface area contributed by atoms with Crippen LogP contribution in [0.5, 0.6) is 0 Å². The monoisotopic (exact) mass is 357 g/mol. The number of carbonyl (C=O) groups excluding carboxylic acids is 1. The molecule has 1 N–H and O–H groups in total. The Morgan fingerprint density at radius 3 is 2.44 bits per heavy atom. The van der Waals surface area contributed by atoms with Gasteiger partial charge in [0, 0.05) is 6.26 Å². The average Bonchev–Trinajstić information content (AvgIpc) is 2.60. The van der Waals surface area contributed by atoms with Gasteiger partial charge in [0.2, 0.25) is 0 Å². The standard InChI is InChI=1S/C20H23NO3S/c1-14(16-12-11-15-7-3-4-8-17(15)13-16)21-20(22)18-9-5-6-10-19(18)25(2,23)24/h5-6,9-14H,3-4,7-8H2,1-2H3,(H,21,22)/t14-/m1/s1. The van der Waals surface area contributed by atoms with Crippen LogP contribution in [-0.4, -0.2) is 20.6 Å². The van der Waals surface area contributed by atoms with E-state index in [0.29, 0.717) is 0 Å². The molecule has 1 aliphatic carbocycles. The summed E-state index contributed by atoms with van der Waals surface area (Å²) in [6, 6.07) is 12.5. The molecule has 132 valence electrons. The van der Waals surface area contributed by atoms with E-state index in [1.807, 2.05) is 6.92 Å². The first kappa shape index (κ1) is 17.7. The Balaban J connectivity index is 1.82. The highest BCUT2D eigenvalue weighted by Gasteiger charge is 2.20. The van der Waals surface area contributed by atoms with Crippen molar-refractivity contribution in [3.8, 4) is 0 Å². The van der Waals surface area contributed by atoms with Crippen molar-refractivity contribution in [1.82, 2.24) is 5.32 Å². The second-order valence-electron chi connectivity index (χ2n) is 6.70. The van der Waals surface area contributed by atoms with E-state index in [-0.39, 0.29) is 22.4 Å². The normalized spacial score (nSPS) is 15.3. The zero-order valence-electron chi connectivity index (χ0n) is 14.6. The van der Waals surface area contributed by atoms with E-state index in [0.717, 1.165) is 24.7 Å². The fraction of sp³-hybridized carbons (Fsp3) is 0.350. The molecule has 0 saturated heterocycles. The van der Waals surface area contributed by atoms with Crippen LogP contribution in [0.15, 0.2) is 47.4 Å². The number of sulfone groups is 1. The lowest BCUT2D eigenvalue weighted by Gasteiger charge is -2.20. The van der Waals surface area contributed by atoms with Gasteiger partial charge in [0.25, 0.3) is 5.91 Å². The Labute approximate surface area is 149 Å². The van der Waals surface area contributed by atoms with Crippen molar-refractivity contribution in [2.24, 2.45) is 0 Å². The molecule has 1 amide bonds. The van der Waals surface area contributed by atoms with Crippen molar-refractivity contribution in [2.75, 3.05) is 6.26 Å². The molecule has 4 nitrogen and oxygen atoms in total. The molecule has 0 radical (unpaired) electrons. The van der Waals surface area contributed by atoms with Crippen LogP contribution in [0.25, 0.3) is 0 Å². The van der Waals surface area contributed by atoms with Gasteiger partial charge < -0.3 is 5.32 Å². The lowest BCUT2D eigenvalue weighted by Crippen LogP contribution is -2.28. The summed E-state index contributed by atoms with van der Waals surface area (Å²) < 4.78 is 23.8. The van der Waals surface area contributed by atoms with Crippen LogP contribution in [0.4, 0.5) is 0 Å². The first-order valence-electron chi connectivity index (χ1n) is 8.58. The summed E-state index contributed by atoms with van der Waals surface area (Å²) in [5.74, 6) is -0.369. The third-order valence-corrected chi connectivity index (χ3v) is 5.91. The van der Waals surface area contributed by atoms with Crippen LogP contribution < -0.4 is 5.32 Å². The summed E-state index contributed by atoms with van der Waals surface area (Å²) in [7, 11) is -3.45. The number of rotatable bonds is 4. The van der Waals surface area contributed by atoms with Gasteiger partial charge in [0.05, 0.1) is 16.5 Å². The van der Waals surface area contributed by atoms with E-state index >= 15 is 0 Å². The number of nitrogens with one attached hydrogen (secondary N) is 1. The summed E-state index contributed by atoms with van der Waals surface area (Å²) in [6.45, 7) is 1.92. The predicted molar refractivity (Wildman–Crippen MR) is 98.5 cm³/mol. The highest BCUT2D eigenvalue weighted by atomic mass is 32.2. The molecular weight excluding hydrogens is 334 g/mol. The van der Waals surface area contributed by atoms with Crippen molar-refractivity contribution >= 4 is 15.7 Å². The van der Waals surface area contributed by atoms with Gasteiger partial charge in [0.1, 0.15) is 0 Å². The van der Waals surface area contributed by atoms with Gasteiger partial charge in [-0.05, 0) is 61.4 Å². The molecule has 3 rings (SSSR count). The molecule has 0 aliphatic heterocycles. The second kappa shape index (κ2) is 7.00. The summed E-state index contributed by atoms with van der Waals surface area (Å²) >= 11 is 0. The van der Waals surface area contributed by atoms with E-state index in [2.05, 4.69) is 23.5 Å². The number of fused-ring (bicyclic) bond motifs is 1. The van der Waals surface area contributed by atoms with Crippen LogP contribution >= 0.6 is 0 Å². The minimum atomic E-state index is -3.45. The van der Waals surface area contributed by atoms with Gasteiger partial charge in [-0.1, -0.05) is 30.3 Å². The van der Waals surface area contributed by atoms with Gasteiger partial charge in [0.15, 0.2) is 9.84 Å². The molecule has 1 atom stereocenters. The Morgan fingerprint density at radius 2 is 1.72 bits per heavy atom. The molecular formula is C20H23NO3S. The molecule has 1 aliphatic rings. The summed E-state index contributed by atoms with van der Waals surface area (Å²) in [6.07, 6.45) is 5.77. The SMILES string of the molecule is C[C@@H](NC(=O)c1ccccc1S(C)(=O)=O)c1ccc2c(c1)CCCC2. The summed E-state index contributed by atoms with van der Waals surface area (Å²) in [5.41, 5.74) is 4.00. The summed E-state index contributed by atoms with van der Waals surface area (Å²) in [5, 5.41) is 2.93. The zero-order chi connectivity index (χ0) is 18.0. The van der Waals surface area contributed by atoms with Crippen LogP contribution in [0, 0.1) is 0 Å². The third-order valence-electron chi connectivity index (χ3n) is 4.75. The van der Waals surface area contributed by atoms with Crippen LogP contribution in [0.2, 0.25) is 0 Å². The van der Waals surface area contributed by atoms with Crippen molar-refractivity contribution in [3.63, 3.8) is 0 Å².